The van der Waals surface area contributed by atoms with Crippen molar-refractivity contribution in [2.75, 3.05) is 27.1 Å². The zero-order valence-electron chi connectivity index (χ0n) is 6.39. The average Bonchev–Trinajstić information content (AvgIpc) is 2.03. The molecule has 0 bridgehead atoms. The molecule has 0 heterocycles. The van der Waals surface area contributed by atoms with Crippen molar-refractivity contribution in [3.05, 3.63) is 10.4 Å². The van der Waals surface area contributed by atoms with Crippen LogP contribution in [0.3, 0.4) is 0 Å². The summed E-state index contributed by atoms with van der Waals surface area (Å²) in [5.41, 5.74) is 7.76. The molecule has 64 valence electrons. The SMILES string of the molecule is COCCCOCON=[N+]=[N-]. The van der Waals surface area contributed by atoms with Crippen molar-refractivity contribution in [3.63, 3.8) is 0 Å². The predicted molar refractivity (Wildman–Crippen MR) is 37.5 cm³/mol. The van der Waals surface area contributed by atoms with Crippen LogP contribution < -0.4 is 0 Å². The van der Waals surface area contributed by atoms with E-state index in [1.54, 1.807) is 7.11 Å². The minimum absolute atomic E-state index is 0.00618. The third kappa shape index (κ3) is 9.03. The van der Waals surface area contributed by atoms with Crippen LogP contribution >= 0.6 is 0 Å². The maximum Gasteiger partial charge on any atom is 0.197 e. The fraction of sp³-hybridized carbons (Fsp3) is 1.00. The predicted octanol–water partition coefficient (Wildman–Crippen LogP) is 1.24. The maximum absolute atomic E-state index is 7.76. The molecule has 0 unspecified atom stereocenters. The highest BCUT2D eigenvalue weighted by molar-refractivity contribution is 4.30. The van der Waals surface area contributed by atoms with Crippen molar-refractivity contribution >= 4 is 0 Å². The van der Waals surface area contributed by atoms with Gasteiger partial charge in [0.25, 0.3) is 0 Å². The van der Waals surface area contributed by atoms with Crippen LogP contribution in [0.5, 0.6) is 0 Å². The van der Waals surface area contributed by atoms with Crippen molar-refractivity contribution in [1.29, 1.82) is 0 Å². The van der Waals surface area contributed by atoms with Crippen LogP contribution in [0.15, 0.2) is 5.28 Å². The first-order valence-corrected chi connectivity index (χ1v) is 3.15. The molecule has 0 rings (SSSR count). The summed E-state index contributed by atoms with van der Waals surface area (Å²) < 4.78 is 9.64. The largest absolute Gasteiger partial charge is 0.405 e. The Morgan fingerprint density at radius 2 is 2.27 bits per heavy atom. The summed E-state index contributed by atoms with van der Waals surface area (Å²) in [6, 6.07) is 0. The van der Waals surface area contributed by atoms with Gasteiger partial charge >= 0.3 is 0 Å². The fourth-order valence-electron chi connectivity index (χ4n) is 0.451. The third-order valence-corrected chi connectivity index (χ3v) is 0.867. The molecule has 0 aliphatic heterocycles. The van der Waals surface area contributed by atoms with Crippen LogP contribution in [0.4, 0.5) is 0 Å². The Morgan fingerprint density at radius 3 is 2.91 bits per heavy atom. The van der Waals surface area contributed by atoms with Gasteiger partial charge in [-0.3, -0.25) is 0 Å². The van der Waals surface area contributed by atoms with Crippen LogP contribution in [-0.4, -0.2) is 27.1 Å². The third-order valence-electron chi connectivity index (χ3n) is 0.867. The molecule has 0 aromatic carbocycles. The zero-order valence-corrected chi connectivity index (χ0v) is 6.39. The first-order chi connectivity index (χ1) is 5.41. The summed E-state index contributed by atoms with van der Waals surface area (Å²) in [6.07, 6.45) is 0.802. The molecule has 0 aromatic rings. The Labute approximate surface area is 64.6 Å². The summed E-state index contributed by atoms with van der Waals surface area (Å²) in [7, 11) is 1.62. The van der Waals surface area contributed by atoms with Crippen molar-refractivity contribution in [2.24, 2.45) is 5.28 Å². The van der Waals surface area contributed by atoms with Gasteiger partial charge in [0.2, 0.25) is 0 Å². The second-order valence-electron chi connectivity index (χ2n) is 1.67. The fourth-order valence-corrected chi connectivity index (χ4v) is 0.451. The lowest BCUT2D eigenvalue weighted by Gasteiger charge is -2.00. The van der Waals surface area contributed by atoms with Gasteiger partial charge in [-0.15, -0.1) is 0 Å². The van der Waals surface area contributed by atoms with Gasteiger partial charge in [-0.25, -0.2) is 0 Å². The first kappa shape index (κ1) is 10.0. The van der Waals surface area contributed by atoms with E-state index in [4.69, 9.17) is 15.0 Å². The summed E-state index contributed by atoms with van der Waals surface area (Å²) in [6.45, 7) is 1.18. The number of rotatable bonds is 7. The molecule has 6 nitrogen and oxygen atoms in total. The van der Waals surface area contributed by atoms with Crippen LogP contribution in [0.25, 0.3) is 10.4 Å². The molecule has 0 amide bonds. The Balaban J connectivity index is 2.84. The Kier molecular flexibility index (Phi) is 8.23. The van der Waals surface area contributed by atoms with E-state index in [1.165, 1.54) is 0 Å². The summed E-state index contributed by atoms with van der Waals surface area (Å²) in [4.78, 5) is 6.68. The molecule has 0 saturated heterocycles. The maximum atomic E-state index is 7.76. The highest BCUT2D eigenvalue weighted by Crippen LogP contribution is 1.84. The molecular formula is C5H11N3O3. The quantitative estimate of drug-likeness (QED) is 0.141. The topological polar surface area (TPSA) is 76.5 Å². The molecular weight excluding hydrogens is 150 g/mol. The van der Waals surface area contributed by atoms with Gasteiger partial charge in [0, 0.05) is 18.6 Å². The van der Waals surface area contributed by atoms with Gasteiger partial charge in [-0.1, -0.05) is 0 Å². The lowest BCUT2D eigenvalue weighted by molar-refractivity contribution is -0.0581. The molecule has 0 aliphatic carbocycles. The van der Waals surface area contributed by atoms with Crippen molar-refractivity contribution in [2.45, 2.75) is 6.42 Å². The van der Waals surface area contributed by atoms with Gasteiger partial charge in [0.15, 0.2) is 6.79 Å². The second kappa shape index (κ2) is 9.03. The van der Waals surface area contributed by atoms with E-state index in [0.29, 0.717) is 13.2 Å². The minimum atomic E-state index is -0.00618. The van der Waals surface area contributed by atoms with E-state index in [2.05, 4.69) is 15.0 Å². The number of azide groups is 1. The number of ether oxygens (including phenoxy) is 2. The standard InChI is InChI=1S/C5H11N3O3/c1-9-3-2-4-10-5-11-8-7-6/h2-5H2,1H3. The highest BCUT2D eigenvalue weighted by Gasteiger charge is 1.86. The van der Waals surface area contributed by atoms with Crippen molar-refractivity contribution in [3.8, 4) is 0 Å². The number of hydrogen-bond donors (Lipinski definition) is 0. The molecule has 0 radical (unpaired) electrons. The highest BCUT2D eigenvalue weighted by atomic mass is 16.7. The summed E-state index contributed by atoms with van der Waals surface area (Å²) in [5, 5.41) is 2.81. The number of hydrogen-bond acceptors (Lipinski definition) is 4. The molecule has 11 heavy (non-hydrogen) atoms. The van der Waals surface area contributed by atoms with Gasteiger partial charge in [0.05, 0.1) is 6.61 Å². The van der Waals surface area contributed by atoms with Crippen LogP contribution in [0.1, 0.15) is 6.42 Å². The van der Waals surface area contributed by atoms with E-state index in [0.717, 1.165) is 6.42 Å². The van der Waals surface area contributed by atoms with Crippen LogP contribution in [-0.2, 0) is 14.3 Å². The smallest absolute Gasteiger partial charge is 0.197 e. The van der Waals surface area contributed by atoms with E-state index in [-0.39, 0.29) is 6.79 Å². The lowest BCUT2D eigenvalue weighted by atomic mass is 10.5. The molecule has 6 heteroatoms. The first-order valence-electron chi connectivity index (χ1n) is 3.15. The van der Waals surface area contributed by atoms with Crippen molar-refractivity contribution in [1.82, 2.24) is 0 Å². The van der Waals surface area contributed by atoms with E-state index in [1.807, 2.05) is 0 Å². The number of nitrogens with zero attached hydrogens (tertiary/aromatic N) is 3. The Hall–Kier alpha value is -0.970. The van der Waals surface area contributed by atoms with E-state index < -0.39 is 0 Å². The van der Waals surface area contributed by atoms with Crippen molar-refractivity contribution < 1.29 is 14.3 Å². The van der Waals surface area contributed by atoms with E-state index >= 15 is 0 Å². The number of methoxy groups -OCH3 is 1. The zero-order chi connectivity index (χ0) is 8.36. The van der Waals surface area contributed by atoms with Gasteiger partial charge < -0.3 is 14.3 Å². The van der Waals surface area contributed by atoms with Gasteiger partial charge in [-0.05, 0) is 12.0 Å². The molecule has 0 aromatic heterocycles. The summed E-state index contributed by atoms with van der Waals surface area (Å²) >= 11 is 0. The average molecular weight is 161 g/mol. The molecule has 0 fully saturated rings. The molecule has 0 spiro atoms. The minimum Gasteiger partial charge on any atom is -0.405 e. The normalized spacial score (nSPS) is 8.82. The summed E-state index contributed by atoms with van der Waals surface area (Å²) in [5.74, 6) is 0. The van der Waals surface area contributed by atoms with Crippen LogP contribution in [0, 0.1) is 0 Å². The van der Waals surface area contributed by atoms with Crippen LogP contribution in [0.2, 0.25) is 0 Å². The second-order valence-corrected chi connectivity index (χ2v) is 1.67. The molecule has 0 aliphatic rings. The van der Waals surface area contributed by atoms with Gasteiger partial charge in [0.1, 0.15) is 5.28 Å². The van der Waals surface area contributed by atoms with E-state index in [9.17, 15) is 0 Å². The molecule has 0 N–H and O–H groups in total. The molecule has 0 saturated carbocycles. The Morgan fingerprint density at radius 1 is 1.45 bits per heavy atom. The lowest BCUT2D eigenvalue weighted by Crippen LogP contribution is -2.00. The Bertz CT molecular complexity index is 124. The van der Waals surface area contributed by atoms with Gasteiger partial charge in [-0.2, -0.15) is 0 Å². The molecule has 0 atom stereocenters. The monoisotopic (exact) mass is 161 g/mol.